The molecule has 0 saturated carbocycles. The Bertz CT molecular complexity index is 262. The van der Waals surface area contributed by atoms with Gasteiger partial charge < -0.3 is 9.79 Å². The molecule has 0 bridgehead atoms. The molecule has 0 aromatic heterocycles. The standard InChI is InChI=1S/C16H35O3P/c1-4-6-8-9-10-12-13-15(3)16(20(17,18)19)14-11-7-5-2/h15-16H,4-14H2,1-3H3,(H2,17,18,19). The van der Waals surface area contributed by atoms with Gasteiger partial charge >= 0.3 is 7.60 Å². The van der Waals surface area contributed by atoms with Gasteiger partial charge in [-0.1, -0.05) is 78.6 Å². The molecular weight excluding hydrogens is 271 g/mol. The van der Waals surface area contributed by atoms with E-state index in [0.29, 0.717) is 6.42 Å². The summed E-state index contributed by atoms with van der Waals surface area (Å²) in [5.41, 5.74) is -0.426. The van der Waals surface area contributed by atoms with Crippen LogP contribution in [-0.4, -0.2) is 15.4 Å². The van der Waals surface area contributed by atoms with Gasteiger partial charge in [0.15, 0.2) is 0 Å². The van der Waals surface area contributed by atoms with Crippen molar-refractivity contribution in [2.75, 3.05) is 0 Å². The smallest absolute Gasteiger partial charge is 0.324 e. The van der Waals surface area contributed by atoms with Crippen LogP contribution in [0.3, 0.4) is 0 Å². The molecule has 2 unspecified atom stereocenters. The minimum Gasteiger partial charge on any atom is -0.324 e. The lowest BCUT2D eigenvalue weighted by Crippen LogP contribution is -2.18. The fourth-order valence-electron chi connectivity index (χ4n) is 2.83. The number of unbranched alkanes of at least 4 members (excludes halogenated alkanes) is 7. The van der Waals surface area contributed by atoms with Gasteiger partial charge in [-0.25, -0.2) is 0 Å². The molecule has 20 heavy (non-hydrogen) atoms. The predicted molar refractivity (Wildman–Crippen MR) is 87.1 cm³/mol. The van der Waals surface area contributed by atoms with E-state index in [1.807, 2.05) is 6.92 Å². The van der Waals surface area contributed by atoms with Crippen molar-refractivity contribution in [3.05, 3.63) is 0 Å². The maximum atomic E-state index is 11.6. The summed E-state index contributed by atoms with van der Waals surface area (Å²) in [6.07, 6.45) is 12.2. The van der Waals surface area contributed by atoms with Crippen LogP contribution in [0.4, 0.5) is 0 Å². The first-order valence-electron chi connectivity index (χ1n) is 8.48. The largest absolute Gasteiger partial charge is 0.328 e. The zero-order chi connectivity index (χ0) is 15.4. The van der Waals surface area contributed by atoms with E-state index in [4.69, 9.17) is 0 Å². The molecule has 4 heteroatoms. The molecule has 2 atom stereocenters. The summed E-state index contributed by atoms with van der Waals surface area (Å²) in [6.45, 7) is 6.34. The van der Waals surface area contributed by atoms with Gasteiger partial charge in [0, 0.05) is 0 Å². The molecule has 0 aromatic carbocycles. The van der Waals surface area contributed by atoms with Crippen LogP contribution in [0.2, 0.25) is 0 Å². The van der Waals surface area contributed by atoms with Gasteiger partial charge in [-0.2, -0.15) is 0 Å². The van der Waals surface area contributed by atoms with E-state index in [9.17, 15) is 14.4 Å². The van der Waals surface area contributed by atoms with Gasteiger partial charge in [0.2, 0.25) is 0 Å². The molecule has 0 radical (unpaired) electrons. The lowest BCUT2D eigenvalue weighted by molar-refractivity contribution is 0.320. The third kappa shape index (κ3) is 9.96. The third-order valence-electron chi connectivity index (χ3n) is 4.21. The molecule has 0 aliphatic rings. The lowest BCUT2D eigenvalue weighted by Gasteiger charge is -2.25. The van der Waals surface area contributed by atoms with Crippen LogP contribution < -0.4 is 0 Å². The summed E-state index contributed by atoms with van der Waals surface area (Å²) < 4.78 is 11.6. The number of hydrogen-bond acceptors (Lipinski definition) is 1. The van der Waals surface area contributed by atoms with Crippen molar-refractivity contribution in [2.45, 2.75) is 97.1 Å². The van der Waals surface area contributed by atoms with Crippen molar-refractivity contribution in [1.82, 2.24) is 0 Å². The van der Waals surface area contributed by atoms with E-state index in [2.05, 4.69) is 13.8 Å². The molecule has 122 valence electrons. The van der Waals surface area contributed by atoms with E-state index in [-0.39, 0.29) is 5.92 Å². The third-order valence-corrected chi connectivity index (χ3v) is 5.84. The minimum atomic E-state index is -3.94. The number of rotatable bonds is 13. The van der Waals surface area contributed by atoms with E-state index in [1.54, 1.807) is 0 Å². The molecule has 0 saturated heterocycles. The van der Waals surface area contributed by atoms with Crippen molar-refractivity contribution in [2.24, 2.45) is 5.92 Å². The highest BCUT2D eigenvalue weighted by Gasteiger charge is 2.32. The molecular formula is C16H35O3P. The summed E-state index contributed by atoms with van der Waals surface area (Å²) in [7, 11) is -3.94. The second-order valence-electron chi connectivity index (χ2n) is 6.19. The molecule has 0 rings (SSSR count). The van der Waals surface area contributed by atoms with Crippen LogP contribution in [0.25, 0.3) is 0 Å². The van der Waals surface area contributed by atoms with Crippen molar-refractivity contribution < 1.29 is 14.4 Å². The SMILES string of the molecule is CCCCCCCCC(C)C(CCCCC)P(=O)(O)O. The molecule has 0 aliphatic heterocycles. The first kappa shape index (κ1) is 20.1. The summed E-state index contributed by atoms with van der Waals surface area (Å²) >= 11 is 0. The number of hydrogen-bond donors (Lipinski definition) is 2. The zero-order valence-corrected chi connectivity index (χ0v) is 14.6. The maximum Gasteiger partial charge on any atom is 0.328 e. The zero-order valence-electron chi connectivity index (χ0n) is 13.7. The Morgan fingerprint density at radius 3 is 1.80 bits per heavy atom. The Kier molecular flexibility index (Phi) is 11.9. The Morgan fingerprint density at radius 2 is 1.25 bits per heavy atom. The van der Waals surface area contributed by atoms with E-state index in [0.717, 1.165) is 32.1 Å². The molecule has 0 aromatic rings. The monoisotopic (exact) mass is 306 g/mol. The summed E-state index contributed by atoms with van der Waals surface area (Å²) in [6, 6.07) is 0. The van der Waals surface area contributed by atoms with Crippen molar-refractivity contribution in [3.8, 4) is 0 Å². The topological polar surface area (TPSA) is 57.5 Å². The average molecular weight is 306 g/mol. The Hall–Kier alpha value is 0.150. The van der Waals surface area contributed by atoms with Gasteiger partial charge in [0.05, 0.1) is 5.66 Å². The van der Waals surface area contributed by atoms with Crippen molar-refractivity contribution >= 4 is 7.60 Å². The van der Waals surface area contributed by atoms with E-state index < -0.39 is 13.3 Å². The summed E-state index contributed by atoms with van der Waals surface area (Å²) in [5.74, 6) is 0.138. The molecule has 0 spiro atoms. The maximum absolute atomic E-state index is 11.6. The summed E-state index contributed by atoms with van der Waals surface area (Å²) in [4.78, 5) is 19.1. The molecule has 2 N–H and O–H groups in total. The average Bonchev–Trinajstić information content (AvgIpc) is 2.37. The molecule has 0 heterocycles. The van der Waals surface area contributed by atoms with Crippen LogP contribution in [0, 0.1) is 5.92 Å². The molecule has 0 aliphatic carbocycles. The second kappa shape index (κ2) is 11.8. The molecule has 0 fully saturated rings. The van der Waals surface area contributed by atoms with Crippen LogP contribution in [0.5, 0.6) is 0 Å². The van der Waals surface area contributed by atoms with Crippen molar-refractivity contribution in [3.63, 3.8) is 0 Å². The van der Waals surface area contributed by atoms with Crippen LogP contribution >= 0.6 is 7.60 Å². The van der Waals surface area contributed by atoms with E-state index >= 15 is 0 Å². The fraction of sp³-hybridized carbons (Fsp3) is 1.00. The normalized spacial score (nSPS) is 15.2. The lowest BCUT2D eigenvalue weighted by atomic mass is 9.95. The van der Waals surface area contributed by atoms with Gasteiger partial charge in [-0.15, -0.1) is 0 Å². The van der Waals surface area contributed by atoms with Gasteiger partial charge in [0.1, 0.15) is 0 Å². The predicted octanol–water partition coefficient (Wildman–Crippen LogP) is 5.50. The van der Waals surface area contributed by atoms with Crippen molar-refractivity contribution in [1.29, 1.82) is 0 Å². The Labute approximate surface area is 125 Å². The summed E-state index contributed by atoms with van der Waals surface area (Å²) in [5, 5.41) is 0. The second-order valence-corrected chi connectivity index (χ2v) is 8.03. The van der Waals surface area contributed by atoms with Gasteiger partial charge in [-0.3, -0.25) is 4.57 Å². The van der Waals surface area contributed by atoms with Gasteiger partial charge in [0.25, 0.3) is 0 Å². The van der Waals surface area contributed by atoms with Crippen LogP contribution in [0.1, 0.15) is 91.4 Å². The fourth-order valence-corrected chi connectivity index (χ4v) is 4.16. The van der Waals surface area contributed by atoms with E-state index in [1.165, 1.54) is 32.1 Å². The molecule has 3 nitrogen and oxygen atoms in total. The van der Waals surface area contributed by atoms with Gasteiger partial charge in [-0.05, 0) is 18.8 Å². The highest BCUT2D eigenvalue weighted by molar-refractivity contribution is 7.52. The highest BCUT2D eigenvalue weighted by atomic mass is 31.2. The van der Waals surface area contributed by atoms with Crippen LogP contribution in [-0.2, 0) is 4.57 Å². The van der Waals surface area contributed by atoms with Crippen LogP contribution in [0.15, 0.2) is 0 Å². The minimum absolute atomic E-state index is 0.138. The first-order chi connectivity index (χ1) is 9.43. The Morgan fingerprint density at radius 1 is 0.800 bits per heavy atom. The Balaban J connectivity index is 4.01. The highest BCUT2D eigenvalue weighted by Crippen LogP contribution is 2.48. The molecule has 0 amide bonds. The quantitative estimate of drug-likeness (QED) is 0.349. The first-order valence-corrected chi connectivity index (χ1v) is 10.2.